The fraction of sp³-hybridized carbons (Fsp3) is 0.467. The number of hydrogen-bond donors (Lipinski definition) is 1. The van der Waals surface area contributed by atoms with E-state index < -0.39 is 17.2 Å². The van der Waals surface area contributed by atoms with Gasteiger partial charge in [-0.2, -0.15) is 9.36 Å². The van der Waals surface area contributed by atoms with Gasteiger partial charge in [0.15, 0.2) is 5.82 Å². The summed E-state index contributed by atoms with van der Waals surface area (Å²) < 4.78 is 36.4. The molecule has 1 saturated heterocycles. The summed E-state index contributed by atoms with van der Waals surface area (Å²) in [6.07, 6.45) is -0.338. The van der Waals surface area contributed by atoms with Crippen molar-refractivity contribution in [3.63, 3.8) is 0 Å². The van der Waals surface area contributed by atoms with E-state index in [1.54, 1.807) is 13.8 Å². The summed E-state index contributed by atoms with van der Waals surface area (Å²) in [5.74, 6) is -1.04. The van der Waals surface area contributed by atoms with Gasteiger partial charge in [-0.05, 0) is 26.0 Å². The highest BCUT2D eigenvalue weighted by molar-refractivity contribution is 7.09. The van der Waals surface area contributed by atoms with E-state index in [1.807, 2.05) is 4.90 Å². The lowest BCUT2D eigenvalue weighted by atomic mass is 10.0. The van der Waals surface area contributed by atoms with Gasteiger partial charge in [-0.1, -0.05) is 0 Å². The number of hydrogen-bond acceptors (Lipinski definition) is 6. The summed E-state index contributed by atoms with van der Waals surface area (Å²) >= 11 is 1.16. The lowest BCUT2D eigenvalue weighted by molar-refractivity contribution is -0.0927. The Morgan fingerprint density at radius 3 is 2.65 bits per heavy atom. The normalized spacial score (nSPS) is 19.2. The Morgan fingerprint density at radius 2 is 2.00 bits per heavy atom. The topological polar surface area (TPSA) is 58.5 Å². The molecular formula is C15H17F2N3O2S. The summed E-state index contributed by atoms with van der Waals surface area (Å²) in [4.78, 5) is 6.33. The first-order valence-corrected chi connectivity index (χ1v) is 7.99. The van der Waals surface area contributed by atoms with E-state index in [2.05, 4.69) is 9.36 Å². The number of morpholine rings is 1. The predicted molar refractivity (Wildman–Crippen MR) is 83.5 cm³/mol. The number of rotatable bonds is 3. The highest BCUT2D eigenvalue weighted by Crippen LogP contribution is 2.28. The molecule has 8 heteroatoms. The molecule has 5 nitrogen and oxygen atoms in total. The molecule has 0 spiro atoms. The molecule has 0 radical (unpaired) electrons. The number of nitrogens with zero attached hydrogens (tertiary/aromatic N) is 3. The maximum Gasteiger partial charge on any atom is 0.205 e. The minimum absolute atomic E-state index is 0.287. The van der Waals surface area contributed by atoms with Crippen LogP contribution in [0.3, 0.4) is 0 Å². The Labute approximate surface area is 136 Å². The highest BCUT2D eigenvalue weighted by Gasteiger charge is 2.33. The molecule has 1 N–H and O–H groups in total. The van der Waals surface area contributed by atoms with E-state index >= 15 is 0 Å². The van der Waals surface area contributed by atoms with Gasteiger partial charge in [0.25, 0.3) is 0 Å². The number of benzene rings is 1. The third-order valence-electron chi connectivity index (χ3n) is 3.66. The largest absolute Gasteiger partial charge is 0.388 e. The van der Waals surface area contributed by atoms with Crippen LogP contribution in [0.2, 0.25) is 0 Å². The van der Waals surface area contributed by atoms with Crippen LogP contribution in [0.1, 0.15) is 13.8 Å². The van der Waals surface area contributed by atoms with Crippen LogP contribution in [0, 0.1) is 11.6 Å². The van der Waals surface area contributed by atoms with E-state index in [0.29, 0.717) is 30.4 Å². The van der Waals surface area contributed by atoms with E-state index in [9.17, 15) is 13.9 Å². The lowest BCUT2D eigenvalue weighted by Gasteiger charge is -2.38. The van der Waals surface area contributed by atoms with Crippen LogP contribution in [0.5, 0.6) is 0 Å². The summed E-state index contributed by atoms with van der Waals surface area (Å²) in [6, 6.07) is 3.22. The van der Waals surface area contributed by atoms with Gasteiger partial charge in [-0.15, -0.1) is 0 Å². The molecule has 1 aromatic carbocycles. The standard InChI is InChI=1S/C15H17F2N3O2S/c1-15(2,21)12-8-20(3-4-22-12)14-18-13(19-23-14)9-5-10(16)7-11(17)6-9/h5-7,12,21H,3-4,8H2,1-2H3. The van der Waals surface area contributed by atoms with Gasteiger partial charge in [0.05, 0.1) is 12.2 Å². The minimum Gasteiger partial charge on any atom is -0.388 e. The van der Waals surface area contributed by atoms with Crippen LogP contribution in [0.4, 0.5) is 13.9 Å². The van der Waals surface area contributed by atoms with Crippen molar-refractivity contribution in [2.24, 2.45) is 0 Å². The van der Waals surface area contributed by atoms with Crippen LogP contribution >= 0.6 is 11.5 Å². The van der Waals surface area contributed by atoms with Crippen molar-refractivity contribution in [1.29, 1.82) is 0 Å². The summed E-state index contributed by atoms with van der Waals surface area (Å²) in [7, 11) is 0. The van der Waals surface area contributed by atoms with Gasteiger partial charge < -0.3 is 14.7 Å². The SMILES string of the molecule is CC(C)(O)C1CN(c2nc(-c3cc(F)cc(F)c3)ns2)CCO1. The Bertz CT molecular complexity index is 682. The monoisotopic (exact) mass is 341 g/mol. The molecule has 124 valence electrons. The second kappa shape index (κ2) is 6.10. The first-order valence-electron chi connectivity index (χ1n) is 7.22. The molecule has 1 aromatic heterocycles. The Kier molecular flexibility index (Phi) is 4.31. The third kappa shape index (κ3) is 3.65. The number of ether oxygens (including phenoxy) is 1. The summed E-state index contributed by atoms with van der Waals surface area (Å²) in [6.45, 7) is 4.97. The second-order valence-corrected chi connectivity index (χ2v) is 6.75. The maximum atomic E-state index is 13.3. The minimum atomic E-state index is -0.960. The average molecular weight is 341 g/mol. The van der Waals surface area contributed by atoms with Gasteiger partial charge in [0, 0.05) is 36.3 Å². The zero-order chi connectivity index (χ0) is 16.6. The smallest absolute Gasteiger partial charge is 0.205 e. The van der Waals surface area contributed by atoms with E-state index in [-0.39, 0.29) is 11.9 Å². The number of halogens is 2. The third-order valence-corrected chi connectivity index (χ3v) is 4.44. The molecule has 1 unspecified atom stereocenters. The van der Waals surface area contributed by atoms with Gasteiger partial charge >= 0.3 is 0 Å². The molecule has 23 heavy (non-hydrogen) atoms. The zero-order valence-electron chi connectivity index (χ0n) is 12.8. The van der Waals surface area contributed by atoms with Crippen molar-refractivity contribution in [1.82, 2.24) is 9.36 Å². The molecule has 3 rings (SSSR count). The number of aromatic nitrogens is 2. The van der Waals surface area contributed by atoms with Gasteiger partial charge in [0.2, 0.25) is 5.13 Å². The first-order chi connectivity index (χ1) is 10.8. The lowest BCUT2D eigenvalue weighted by Crippen LogP contribution is -2.52. The molecule has 2 aromatic rings. The van der Waals surface area contributed by atoms with Crippen LogP contribution in [0.15, 0.2) is 18.2 Å². The highest BCUT2D eigenvalue weighted by atomic mass is 32.1. The van der Waals surface area contributed by atoms with Crippen molar-refractivity contribution in [2.45, 2.75) is 25.6 Å². The molecule has 0 amide bonds. The van der Waals surface area contributed by atoms with Crippen molar-refractivity contribution in [2.75, 3.05) is 24.6 Å². The Hall–Kier alpha value is -1.64. The zero-order valence-corrected chi connectivity index (χ0v) is 13.6. The van der Waals surface area contributed by atoms with Crippen molar-refractivity contribution < 1.29 is 18.6 Å². The van der Waals surface area contributed by atoms with E-state index in [0.717, 1.165) is 17.6 Å². The predicted octanol–water partition coefficient (Wildman–Crippen LogP) is 2.46. The maximum absolute atomic E-state index is 13.3. The fourth-order valence-corrected chi connectivity index (χ4v) is 3.12. The summed E-state index contributed by atoms with van der Waals surface area (Å²) in [5.41, 5.74) is -0.657. The molecule has 0 saturated carbocycles. The van der Waals surface area contributed by atoms with Gasteiger partial charge in [-0.3, -0.25) is 0 Å². The molecule has 1 aliphatic rings. The quantitative estimate of drug-likeness (QED) is 0.929. The van der Waals surface area contributed by atoms with Crippen molar-refractivity contribution in [3.05, 3.63) is 29.8 Å². The molecular weight excluding hydrogens is 324 g/mol. The molecule has 1 fully saturated rings. The van der Waals surface area contributed by atoms with Crippen molar-refractivity contribution in [3.8, 4) is 11.4 Å². The molecule has 0 aliphatic carbocycles. The molecule has 1 aliphatic heterocycles. The fourth-order valence-electron chi connectivity index (χ4n) is 2.39. The van der Waals surface area contributed by atoms with E-state index in [1.165, 1.54) is 12.1 Å². The number of aliphatic hydroxyl groups is 1. The molecule has 1 atom stereocenters. The molecule has 0 bridgehead atoms. The Morgan fingerprint density at radius 1 is 1.30 bits per heavy atom. The molecule has 2 heterocycles. The van der Waals surface area contributed by atoms with Crippen LogP contribution in [-0.2, 0) is 4.74 Å². The second-order valence-electron chi connectivity index (χ2n) is 6.02. The van der Waals surface area contributed by atoms with Gasteiger partial charge in [0.1, 0.15) is 17.7 Å². The van der Waals surface area contributed by atoms with E-state index in [4.69, 9.17) is 4.74 Å². The number of anilines is 1. The van der Waals surface area contributed by atoms with Gasteiger partial charge in [-0.25, -0.2) is 8.78 Å². The average Bonchev–Trinajstić information content (AvgIpc) is 2.95. The first kappa shape index (κ1) is 16.2. The van der Waals surface area contributed by atoms with Crippen LogP contribution in [-0.4, -0.2) is 45.9 Å². The van der Waals surface area contributed by atoms with Crippen molar-refractivity contribution >= 4 is 16.7 Å². The van der Waals surface area contributed by atoms with Crippen LogP contribution in [0.25, 0.3) is 11.4 Å². The van der Waals surface area contributed by atoms with Crippen LogP contribution < -0.4 is 4.90 Å². The Balaban J connectivity index is 1.81. The summed E-state index contributed by atoms with van der Waals surface area (Å²) in [5, 5.41) is 10.7.